The predicted octanol–water partition coefficient (Wildman–Crippen LogP) is 4.24. The van der Waals surface area contributed by atoms with Gasteiger partial charge in [-0.3, -0.25) is 0 Å². The molecule has 0 spiro atoms. The lowest BCUT2D eigenvalue weighted by Gasteiger charge is -2.32. The van der Waals surface area contributed by atoms with Gasteiger partial charge < -0.3 is 4.90 Å². The van der Waals surface area contributed by atoms with Gasteiger partial charge in [0.1, 0.15) is 0 Å². The quantitative estimate of drug-likeness (QED) is 0.805. The van der Waals surface area contributed by atoms with Gasteiger partial charge in [-0.15, -0.1) is 0 Å². The first-order chi connectivity index (χ1) is 9.28. The van der Waals surface area contributed by atoms with E-state index in [1.807, 2.05) is 18.2 Å². The lowest BCUT2D eigenvalue weighted by molar-refractivity contribution is 0.295. The van der Waals surface area contributed by atoms with Gasteiger partial charge in [-0.1, -0.05) is 36.4 Å². The van der Waals surface area contributed by atoms with Crippen molar-refractivity contribution in [1.29, 1.82) is 0 Å². The maximum atomic E-state index is 12.7. The maximum Gasteiger partial charge on any atom is 0.0812 e. The minimum absolute atomic E-state index is 0.321. The maximum absolute atomic E-state index is 12.7. The zero-order valence-electron chi connectivity index (χ0n) is 10.8. The van der Waals surface area contributed by atoms with Crippen molar-refractivity contribution in [3.8, 4) is 0 Å². The lowest BCUT2D eigenvalue weighted by Crippen LogP contribution is -2.30. The molecule has 1 aliphatic heterocycles. The zero-order valence-corrected chi connectivity index (χ0v) is 11.7. The molecule has 98 valence electrons. The Kier molecular flexibility index (Phi) is 3.58. The minimum Gasteiger partial charge on any atom is -0.301 e. The van der Waals surface area contributed by atoms with Crippen LogP contribution >= 0.6 is 12.1 Å². The van der Waals surface area contributed by atoms with Crippen LogP contribution in [0.5, 0.6) is 0 Å². The highest BCUT2D eigenvalue weighted by molar-refractivity contribution is 7.94. The van der Waals surface area contributed by atoms with Gasteiger partial charge in [0.15, 0.2) is 0 Å². The van der Waals surface area contributed by atoms with E-state index < -0.39 is 0 Å². The number of benzene rings is 2. The van der Waals surface area contributed by atoms with Crippen molar-refractivity contribution in [3.63, 3.8) is 0 Å². The van der Waals surface area contributed by atoms with Crippen LogP contribution in [0.4, 0.5) is 3.89 Å². The lowest BCUT2D eigenvalue weighted by atomic mass is 9.85. The summed E-state index contributed by atoms with van der Waals surface area (Å²) in [6.07, 6.45) is 0. The van der Waals surface area contributed by atoms with Crippen LogP contribution in [0, 0.1) is 0 Å². The Balaban J connectivity index is 2.05. The molecule has 0 radical (unpaired) electrons. The van der Waals surface area contributed by atoms with Crippen molar-refractivity contribution in [3.05, 3.63) is 65.2 Å². The first-order valence-electron chi connectivity index (χ1n) is 6.43. The van der Waals surface area contributed by atoms with Gasteiger partial charge in [0.2, 0.25) is 0 Å². The van der Waals surface area contributed by atoms with Gasteiger partial charge in [0.25, 0.3) is 0 Å². The third kappa shape index (κ3) is 2.53. The van der Waals surface area contributed by atoms with Crippen LogP contribution in [0.2, 0.25) is 0 Å². The molecule has 1 nitrogen and oxygen atoms in total. The molecular formula is C16H16FNS. The second-order valence-electron chi connectivity index (χ2n) is 5.10. The fourth-order valence-corrected chi connectivity index (χ4v) is 3.15. The number of fused-ring (bicyclic) bond motifs is 1. The van der Waals surface area contributed by atoms with Gasteiger partial charge in [0.05, 0.1) is 12.1 Å². The number of halogens is 1. The van der Waals surface area contributed by atoms with Crippen molar-refractivity contribution in [1.82, 2.24) is 4.90 Å². The van der Waals surface area contributed by atoms with Crippen LogP contribution in [0.15, 0.2) is 53.4 Å². The number of nitrogens with zero attached hydrogens (tertiary/aromatic N) is 1. The van der Waals surface area contributed by atoms with E-state index in [9.17, 15) is 3.89 Å². The Bertz CT molecular complexity index is 570. The topological polar surface area (TPSA) is 3.24 Å². The molecule has 0 aliphatic carbocycles. The summed E-state index contributed by atoms with van der Waals surface area (Å²) in [5, 5.41) is 0. The monoisotopic (exact) mass is 273 g/mol. The smallest absolute Gasteiger partial charge is 0.0812 e. The largest absolute Gasteiger partial charge is 0.301 e. The van der Waals surface area contributed by atoms with E-state index in [1.54, 1.807) is 0 Å². The molecule has 1 unspecified atom stereocenters. The molecular weight excluding hydrogens is 257 g/mol. The van der Waals surface area contributed by atoms with Crippen LogP contribution in [0.25, 0.3) is 0 Å². The average molecular weight is 273 g/mol. The van der Waals surface area contributed by atoms with Crippen molar-refractivity contribution < 1.29 is 3.89 Å². The van der Waals surface area contributed by atoms with Crippen LogP contribution in [0.3, 0.4) is 0 Å². The van der Waals surface area contributed by atoms with Gasteiger partial charge in [0, 0.05) is 23.9 Å². The van der Waals surface area contributed by atoms with Crippen LogP contribution < -0.4 is 0 Å². The normalized spacial score (nSPS) is 19.2. The molecule has 3 rings (SSSR count). The summed E-state index contributed by atoms with van der Waals surface area (Å²) in [6, 6.07) is 16.5. The Morgan fingerprint density at radius 1 is 1.16 bits per heavy atom. The van der Waals surface area contributed by atoms with Crippen molar-refractivity contribution in [2.75, 3.05) is 13.6 Å². The van der Waals surface area contributed by atoms with Gasteiger partial charge in [-0.05, 0) is 35.9 Å². The van der Waals surface area contributed by atoms with Crippen molar-refractivity contribution in [2.24, 2.45) is 0 Å². The standard InChI is InChI=1S/C16H16FNS/c1-18-10-13-9-14(19-17)7-8-15(13)16(11-18)12-5-3-2-4-6-12/h2-9,16H,10-11H2,1H3. The fourth-order valence-electron chi connectivity index (χ4n) is 2.84. The highest BCUT2D eigenvalue weighted by Crippen LogP contribution is 2.35. The highest BCUT2D eigenvalue weighted by atomic mass is 32.2. The third-order valence-corrected chi connectivity index (χ3v) is 4.15. The van der Waals surface area contributed by atoms with Crippen molar-refractivity contribution in [2.45, 2.75) is 17.4 Å². The second kappa shape index (κ2) is 5.35. The predicted molar refractivity (Wildman–Crippen MR) is 78.0 cm³/mol. The molecule has 3 heteroatoms. The molecule has 2 aromatic rings. The molecule has 0 aromatic heterocycles. The molecule has 0 bridgehead atoms. The summed E-state index contributed by atoms with van der Waals surface area (Å²) < 4.78 is 12.7. The first-order valence-corrected chi connectivity index (χ1v) is 7.14. The molecule has 0 N–H and O–H groups in total. The molecule has 19 heavy (non-hydrogen) atoms. The molecule has 1 aliphatic rings. The van der Waals surface area contributed by atoms with Crippen LogP contribution in [-0.4, -0.2) is 18.5 Å². The van der Waals surface area contributed by atoms with Crippen LogP contribution in [0.1, 0.15) is 22.6 Å². The average Bonchev–Trinajstić information content (AvgIpc) is 2.46. The summed E-state index contributed by atoms with van der Waals surface area (Å²) >= 11 is 0.321. The Morgan fingerprint density at radius 2 is 1.95 bits per heavy atom. The zero-order chi connectivity index (χ0) is 13.2. The van der Waals surface area contributed by atoms with Gasteiger partial charge >= 0.3 is 0 Å². The van der Waals surface area contributed by atoms with E-state index in [1.165, 1.54) is 16.7 Å². The summed E-state index contributed by atoms with van der Waals surface area (Å²) in [4.78, 5) is 2.99. The molecule has 0 amide bonds. The van der Waals surface area contributed by atoms with E-state index in [0.29, 0.717) is 23.0 Å². The highest BCUT2D eigenvalue weighted by Gasteiger charge is 2.24. The first kappa shape index (κ1) is 12.7. The Labute approximate surface area is 117 Å². The van der Waals surface area contributed by atoms with Gasteiger partial charge in [-0.25, -0.2) is 0 Å². The van der Waals surface area contributed by atoms with E-state index in [2.05, 4.69) is 42.3 Å². The third-order valence-electron chi connectivity index (χ3n) is 3.72. The van der Waals surface area contributed by atoms with E-state index >= 15 is 0 Å². The number of likely N-dealkylation sites (N-methyl/N-ethyl adjacent to an activating group) is 1. The number of rotatable bonds is 2. The SMILES string of the molecule is CN1Cc2cc(SF)ccc2C(c2ccccc2)C1. The molecule has 0 saturated carbocycles. The summed E-state index contributed by atoms with van der Waals surface area (Å²) in [6.45, 7) is 1.91. The molecule has 2 aromatic carbocycles. The Hall–Kier alpha value is -1.32. The summed E-state index contributed by atoms with van der Waals surface area (Å²) in [5.41, 5.74) is 3.91. The second-order valence-corrected chi connectivity index (χ2v) is 5.72. The Morgan fingerprint density at radius 3 is 2.68 bits per heavy atom. The fraction of sp³-hybridized carbons (Fsp3) is 0.250. The molecule has 1 heterocycles. The summed E-state index contributed by atoms with van der Waals surface area (Å²) in [5.74, 6) is 0.383. The minimum atomic E-state index is 0.321. The van der Waals surface area contributed by atoms with Crippen molar-refractivity contribution >= 4 is 12.1 Å². The molecule has 0 fully saturated rings. The number of hydrogen-bond acceptors (Lipinski definition) is 2. The van der Waals surface area contributed by atoms with Gasteiger partial charge in [-0.2, -0.15) is 3.89 Å². The van der Waals surface area contributed by atoms with E-state index in [0.717, 1.165) is 13.1 Å². The molecule has 0 saturated heterocycles. The van der Waals surface area contributed by atoms with E-state index in [-0.39, 0.29) is 0 Å². The van der Waals surface area contributed by atoms with Crippen LogP contribution in [-0.2, 0) is 6.54 Å². The van der Waals surface area contributed by atoms with E-state index in [4.69, 9.17) is 0 Å². The number of hydrogen-bond donors (Lipinski definition) is 0. The summed E-state index contributed by atoms with van der Waals surface area (Å²) in [7, 11) is 2.12. The molecule has 1 atom stereocenters.